The van der Waals surface area contributed by atoms with Crippen molar-refractivity contribution in [1.82, 2.24) is 15.6 Å². The van der Waals surface area contributed by atoms with Gasteiger partial charge < -0.3 is 10.6 Å². The third-order valence-electron chi connectivity index (χ3n) is 3.64. The zero-order chi connectivity index (χ0) is 18.1. The van der Waals surface area contributed by atoms with E-state index >= 15 is 0 Å². The van der Waals surface area contributed by atoms with Gasteiger partial charge in [0.1, 0.15) is 5.82 Å². The summed E-state index contributed by atoms with van der Waals surface area (Å²) in [4.78, 5) is 9.23. The van der Waals surface area contributed by atoms with Crippen LogP contribution in [0.15, 0.2) is 34.6 Å². The highest BCUT2D eigenvalue weighted by Gasteiger charge is 2.05. The van der Waals surface area contributed by atoms with Crippen LogP contribution in [0.4, 0.5) is 4.39 Å². The van der Waals surface area contributed by atoms with Gasteiger partial charge in [0.15, 0.2) is 5.96 Å². The Morgan fingerprint density at radius 2 is 2.08 bits per heavy atom. The van der Waals surface area contributed by atoms with Gasteiger partial charge in [0.05, 0.1) is 10.7 Å². The lowest BCUT2D eigenvalue weighted by Gasteiger charge is -2.11. The van der Waals surface area contributed by atoms with Crippen LogP contribution in [-0.4, -0.2) is 30.6 Å². The smallest absolute Gasteiger partial charge is 0.191 e. The van der Waals surface area contributed by atoms with E-state index in [0.29, 0.717) is 19.0 Å². The minimum absolute atomic E-state index is 0. The third-order valence-corrected chi connectivity index (χ3v) is 4.83. The van der Waals surface area contributed by atoms with Crippen LogP contribution in [-0.2, 0) is 12.8 Å². The van der Waals surface area contributed by atoms with Crippen molar-refractivity contribution in [2.24, 2.45) is 4.99 Å². The van der Waals surface area contributed by atoms with Crippen molar-refractivity contribution in [2.45, 2.75) is 39.5 Å². The molecular weight excluding hydrogens is 462 g/mol. The van der Waals surface area contributed by atoms with E-state index in [-0.39, 0.29) is 29.8 Å². The average Bonchev–Trinajstić information content (AvgIpc) is 3.04. The van der Waals surface area contributed by atoms with Crippen molar-refractivity contribution in [3.05, 3.63) is 51.7 Å². The van der Waals surface area contributed by atoms with Crippen LogP contribution in [0, 0.1) is 5.82 Å². The second kappa shape index (κ2) is 12.2. The number of hydrogen-bond acceptors (Lipinski definition) is 3. The molecule has 0 bridgehead atoms. The maximum Gasteiger partial charge on any atom is 0.191 e. The molecule has 0 fully saturated rings. The number of guanidine groups is 1. The first kappa shape index (κ1) is 22.8. The predicted molar refractivity (Wildman–Crippen MR) is 119 cm³/mol. The predicted octanol–water partition coefficient (Wildman–Crippen LogP) is 4.36. The molecule has 0 atom stereocenters. The topological polar surface area (TPSA) is 49.3 Å². The molecule has 1 heterocycles. The Kier molecular flexibility index (Phi) is 10.7. The van der Waals surface area contributed by atoms with E-state index in [0.717, 1.165) is 36.6 Å². The highest BCUT2D eigenvalue weighted by molar-refractivity contribution is 14.0. The fourth-order valence-corrected chi connectivity index (χ4v) is 3.21. The number of aliphatic imine (C=N–C) groups is 1. The molecule has 0 aliphatic carbocycles. The number of halogens is 2. The van der Waals surface area contributed by atoms with Gasteiger partial charge in [-0.15, -0.1) is 35.3 Å². The fourth-order valence-electron chi connectivity index (χ4n) is 2.34. The first-order valence-corrected chi connectivity index (χ1v) is 9.67. The summed E-state index contributed by atoms with van der Waals surface area (Å²) in [6.07, 6.45) is 1.59. The molecular formula is C19H28FIN4S. The molecule has 1 aromatic heterocycles. The first-order chi connectivity index (χ1) is 12.1. The molecule has 0 saturated heterocycles. The van der Waals surface area contributed by atoms with E-state index in [4.69, 9.17) is 0 Å². The van der Waals surface area contributed by atoms with E-state index < -0.39 is 0 Å². The molecule has 0 amide bonds. The van der Waals surface area contributed by atoms with Gasteiger partial charge in [-0.3, -0.25) is 4.99 Å². The van der Waals surface area contributed by atoms with Gasteiger partial charge >= 0.3 is 0 Å². The monoisotopic (exact) mass is 490 g/mol. The molecule has 0 aliphatic heterocycles. The minimum Gasteiger partial charge on any atom is -0.357 e. The summed E-state index contributed by atoms with van der Waals surface area (Å²) in [5.41, 5.74) is 2.08. The second-order valence-corrected chi connectivity index (χ2v) is 7.04. The van der Waals surface area contributed by atoms with Crippen molar-refractivity contribution in [2.75, 3.05) is 19.6 Å². The highest BCUT2D eigenvalue weighted by Crippen LogP contribution is 2.19. The number of thiazole rings is 1. The Labute approximate surface area is 176 Å². The molecule has 2 rings (SSSR count). The summed E-state index contributed by atoms with van der Waals surface area (Å²) >= 11 is 1.72. The highest BCUT2D eigenvalue weighted by atomic mass is 127. The molecule has 144 valence electrons. The van der Waals surface area contributed by atoms with Crippen molar-refractivity contribution in [3.63, 3.8) is 0 Å². The summed E-state index contributed by atoms with van der Waals surface area (Å²) in [5, 5.41) is 9.83. The van der Waals surface area contributed by atoms with Crippen molar-refractivity contribution in [1.29, 1.82) is 0 Å². The standard InChI is InChI=1S/C19H27FN4S.HI/c1-4-21-19(22-10-8-15-6-5-7-16(20)12-15)23-11-9-17-13-25-18(24-17)14(2)3;/h5-7,12-14H,4,8-11H2,1-3H3,(H2,21,22,23);1H. The Bertz CT molecular complexity index is 688. The largest absolute Gasteiger partial charge is 0.357 e. The molecule has 1 aromatic carbocycles. The van der Waals surface area contributed by atoms with Gasteiger partial charge in [0.2, 0.25) is 0 Å². The summed E-state index contributed by atoms with van der Waals surface area (Å²) in [7, 11) is 0. The van der Waals surface area contributed by atoms with Crippen LogP contribution in [0.1, 0.15) is 43.0 Å². The zero-order valence-corrected chi connectivity index (χ0v) is 18.7. The summed E-state index contributed by atoms with van der Waals surface area (Å²) < 4.78 is 13.2. The Hall–Kier alpha value is -1.22. The van der Waals surface area contributed by atoms with Gasteiger partial charge in [0.25, 0.3) is 0 Å². The quantitative estimate of drug-likeness (QED) is 0.329. The van der Waals surface area contributed by atoms with Crippen LogP contribution in [0.5, 0.6) is 0 Å². The van der Waals surface area contributed by atoms with E-state index in [2.05, 4.69) is 39.8 Å². The summed E-state index contributed by atoms with van der Waals surface area (Å²) in [6, 6.07) is 6.71. The van der Waals surface area contributed by atoms with Gasteiger partial charge in [-0.05, 0) is 31.0 Å². The van der Waals surface area contributed by atoms with E-state index in [9.17, 15) is 4.39 Å². The zero-order valence-electron chi connectivity index (χ0n) is 15.6. The molecule has 2 aromatic rings. The number of rotatable bonds is 8. The van der Waals surface area contributed by atoms with Crippen LogP contribution in [0.2, 0.25) is 0 Å². The Morgan fingerprint density at radius 1 is 1.27 bits per heavy atom. The van der Waals surface area contributed by atoms with Crippen LogP contribution >= 0.6 is 35.3 Å². The van der Waals surface area contributed by atoms with Crippen molar-refractivity contribution >= 4 is 41.3 Å². The number of benzene rings is 1. The van der Waals surface area contributed by atoms with E-state index in [1.807, 2.05) is 13.0 Å². The number of nitrogens with one attached hydrogen (secondary N) is 2. The van der Waals surface area contributed by atoms with E-state index in [1.165, 1.54) is 11.1 Å². The maximum absolute atomic E-state index is 13.2. The molecule has 0 unspecified atom stereocenters. The normalized spacial score (nSPS) is 11.3. The molecule has 0 spiro atoms. The molecule has 0 radical (unpaired) electrons. The Balaban J connectivity index is 0.00000338. The van der Waals surface area contributed by atoms with Crippen molar-refractivity contribution in [3.8, 4) is 0 Å². The van der Waals surface area contributed by atoms with Crippen LogP contribution in [0.3, 0.4) is 0 Å². The summed E-state index contributed by atoms with van der Waals surface area (Å²) in [6.45, 7) is 8.57. The number of nitrogens with zero attached hydrogens (tertiary/aromatic N) is 2. The van der Waals surface area contributed by atoms with Gasteiger partial charge in [-0.25, -0.2) is 9.37 Å². The molecule has 7 heteroatoms. The second-order valence-electron chi connectivity index (χ2n) is 6.15. The SMILES string of the molecule is CCNC(=NCCc1csc(C(C)C)n1)NCCc1cccc(F)c1.I. The maximum atomic E-state index is 13.2. The molecule has 0 saturated carbocycles. The van der Waals surface area contributed by atoms with Crippen molar-refractivity contribution < 1.29 is 4.39 Å². The van der Waals surface area contributed by atoms with E-state index in [1.54, 1.807) is 23.5 Å². The molecule has 0 aliphatic rings. The minimum atomic E-state index is -0.192. The van der Waals surface area contributed by atoms with Crippen LogP contribution < -0.4 is 10.6 Å². The first-order valence-electron chi connectivity index (χ1n) is 8.79. The van der Waals surface area contributed by atoms with Crippen LogP contribution in [0.25, 0.3) is 0 Å². The fraction of sp³-hybridized carbons (Fsp3) is 0.474. The van der Waals surface area contributed by atoms with Gasteiger partial charge in [-0.2, -0.15) is 0 Å². The average molecular weight is 490 g/mol. The van der Waals surface area contributed by atoms with Gasteiger partial charge in [-0.1, -0.05) is 26.0 Å². The molecule has 2 N–H and O–H groups in total. The number of aromatic nitrogens is 1. The lowest BCUT2D eigenvalue weighted by atomic mass is 10.1. The Morgan fingerprint density at radius 3 is 2.73 bits per heavy atom. The third kappa shape index (κ3) is 7.99. The number of hydrogen-bond donors (Lipinski definition) is 2. The molecule has 4 nitrogen and oxygen atoms in total. The molecule has 26 heavy (non-hydrogen) atoms. The lowest BCUT2D eigenvalue weighted by Crippen LogP contribution is -2.38. The van der Waals surface area contributed by atoms with Gasteiger partial charge in [0, 0.05) is 37.4 Å². The lowest BCUT2D eigenvalue weighted by molar-refractivity contribution is 0.625. The summed E-state index contributed by atoms with van der Waals surface area (Å²) in [5.74, 6) is 1.07.